The van der Waals surface area contributed by atoms with Crippen molar-refractivity contribution in [3.63, 3.8) is 0 Å². The van der Waals surface area contributed by atoms with Crippen molar-refractivity contribution in [1.29, 1.82) is 0 Å². The lowest BCUT2D eigenvalue weighted by Crippen LogP contribution is -2.24. The van der Waals surface area contributed by atoms with Crippen molar-refractivity contribution in [2.45, 2.75) is 11.4 Å². The molecule has 0 atom stereocenters. The fourth-order valence-electron chi connectivity index (χ4n) is 1.59. The zero-order valence-corrected chi connectivity index (χ0v) is 14.8. The average Bonchev–Trinajstić information content (AvgIpc) is 2.46. The third-order valence-electron chi connectivity index (χ3n) is 2.67. The Hall–Kier alpha value is -0.680. The molecule has 0 aromatic heterocycles. The van der Waals surface area contributed by atoms with Crippen LogP contribution < -0.4 is 5.32 Å². The van der Waals surface area contributed by atoms with E-state index in [2.05, 4.69) is 21.2 Å². The summed E-state index contributed by atoms with van der Waals surface area (Å²) in [6, 6.07) is 13.1. The first kappa shape index (κ1) is 16.7. The zero-order valence-electron chi connectivity index (χ0n) is 10.9. The predicted molar refractivity (Wildman–Crippen MR) is 93.2 cm³/mol. The van der Waals surface area contributed by atoms with Crippen LogP contribution >= 0.6 is 50.9 Å². The Kier molecular flexibility index (Phi) is 6.42. The number of benzene rings is 2. The first-order chi connectivity index (χ1) is 10.0. The highest BCUT2D eigenvalue weighted by molar-refractivity contribution is 9.10. The van der Waals surface area contributed by atoms with Crippen LogP contribution in [-0.4, -0.2) is 11.7 Å². The van der Waals surface area contributed by atoms with Gasteiger partial charge in [-0.2, -0.15) is 0 Å². The first-order valence-corrected chi connectivity index (χ1v) is 8.67. The molecule has 1 N–H and O–H groups in total. The number of halogens is 3. The van der Waals surface area contributed by atoms with Gasteiger partial charge >= 0.3 is 0 Å². The summed E-state index contributed by atoms with van der Waals surface area (Å²) in [6.07, 6.45) is 0. The van der Waals surface area contributed by atoms with Crippen molar-refractivity contribution in [3.05, 3.63) is 62.5 Å². The molecule has 21 heavy (non-hydrogen) atoms. The lowest BCUT2D eigenvalue weighted by Gasteiger charge is -2.07. The van der Waals surface area contributed by atoms with Gasteiger partial charge in [-0.05, 0) is 42.0 Å². The molecule has 0 aliphatic rings. The van der Waals surface area contributed by atoms with Crippen LogP contribution in [0.2, 0.25) is 10.0 Å². The van der Waals surface area contributed by atoms with Crippen molar-refractivity contribution in [1.82, 2.24) is 5.32 Å². The van der Waals surface area contributed by atoms with E-state index in [9.17, 15) is 4.79 Å². The number of hydrogen-bond acceptors (Lipinski definition) is 2. The number of hydrogen-bond donors (Lipinski definition) is 1. The molecule has 2 rings (SSSR count). The Morgan fingerprint density at radius 1 is 1.14 bits per heavy atom. The molecule has 0 fully saturated rings. The third kappa shape index (κ3) is 5.55. The number of rotatable bonds is 5. The molecule has 6 heteroatoms. The summed E-state index contributed by atoms with van der Waals surface area (Å²) < 4.78 is 1.02. The van der Waals surface area contributed by atoms with Gasteiger partial charge in [-0.1, -0.05) is 45.2 Å². The summed E-state index contributed by atoms with van der Waals surface area (Å²) in [5.74, 6) is 0.335. The molecule has 0 spiro atoms. The molecule has 2 aromatic rings. The average molecular weight is 405 g/mol. The molecule has 1 amide bonds. The van der Waals surface area contributed by atoms with Gasteiger partial charge in [0.05, 0.1) is 5.75 Å². The summed E-state index contributed by atoms with van der Waals surface area (Å²) in [5, 5.41) is 3.99. The van der Waals surface area contributed by atoms with E-state index in [1.165, 1.54) is 11.8 Å². The quantitative estimate of drug-likeness (QED) is 0.697. The minimum Gasteiger partial charge on any atom is -0.351 e. The summed E-state index contributed by atoms with van der Waals surface area (Å²) >= 11 is 16.8. The molecule has 0 saturated heterocycles. The number of carbonyl (C=O) groups excluding carboxylic acids is 1. The van der Waals surface area contributed by atoms with Crippen LogP contribution in [0.15, 0.2) is 51.8 Å². The van der Waals surface area contributed by atoms with Crippen LogP contribution in [0.3, 0.4) is 0 Å². The molecular weight excluding hydrogens is 393 g/mol. The molecule has 0 aliphatic heterocycles. The molecule has 0 radical (unpaired) electrons. The SMILES string of the molecule is O=C(CSc1ccc(Br)cc1)NCc1ccc(Cl)cc1Cl. The van der Waals surface area contributed by atoms with E-state index < -0.39 is 0 Å². The lowest BCUT2D eigenvalue weighted by atomic mass is 10.2. The highest BCUT2D eigenvalue weighted by Crippen LogP contribution is 2.22. The van der Waals surface area contributed by atoms with Crippen molar-refractivity contribution in [2.24, 2.45) is 0 Å². The van der Waals surface area contributed by atoms with Crippen LogP contribution in [0.1, 0.15) is 5.56 Å². The van der Waals surface area contributed by atoms with Gasteiger partial charge in [0.25, 0.3) is 0 Å². The number of nitrogens with one attached hydrogen (secondary N) is 1. The van der Waals surface area contributed by atoms with Crippen molar-refractivity contribution in [2.75, 3.05) is 5.75 Å². The Balaban J connectivity index is 1.80. The predicted octanol–water partition coefficient (Wildman–Crippen LogP) is 5.16. The van der Waals surface area contributed by atoms with E-state index in [0.717, 1.165) is 14.9 Å². The van der Waals surface area contributed by atoms with Gasteiger partial charge in [0, 0.05) is 26.0 Å². The van der Waals surface area contributed by atoms with Crippen molar-refractivity contribution >= 4 is 56.8 Å². The number of carbonyl (C=O) groups is 1. The highest BCUT2D eigenvalue weighted by atomic mass is 79.9. The summed E-state index contributed by atoms with van der Waals surface area (Å²) in [4.78, 5) is 12.9. The van der Waals surface area contributed by atoms with E-state index in [4.69, 9.17) is 23.2 Å². The van der Waals surface area contributed by atoms with E-state index in [-0.39, 0.29) is 5.91 Å². The number of thioether (sulfide) groups is 1. The fourth-order valence-corrected chi connectivity index (χ4v) is 3.06. The van der Waals surface area contributed by atoms with Gasteiger partial charge in [0.2, 0.25) is 5.91 Å². The Morgan fingerprint density at radius 2 is 1.86 bits per heavy atom. The molecule has 0 unspecified atom stereocenters. The van der Waals surface area contributed by atoms with Crippen LogP contribution in [0.25, 0.3) is 0 Å². The largest absolute Gasteiger partial charge is 0.351 e. The van der Waals surface area contributed by atoms with Gasteiger partial charge < -0.3 is 5.32 Å². The summed E-state index contributed by atoms with van der Waals surface area (Å²) in [7, 11) is 0. The van der Waals surface area contributed by atoms with Gasteiger partial charge in [-0.15, -0.1) is 11.8 Å². The van der Waals surface area contributed by atoms with Crippen LogP contribution in [0, 0.1) is 0 Å². The second-order valence-corrected chi connectivity index (χ2v) is 7.06. The van der Waals surface area contributed by atoms with Crippen LogP contribution in [0.4, 0.5) is 0 Å². The molecule has 110 valence electrons. The standard InChI is InChI=1S/C15H12BrCl2NOS/c16-11-2-5-13(6-3-11)21-9-15(20)19-8-10-1-4-12(17)7-14(10)18/h1-7H,8-9H2,(H,19,20). The molecule has 0 bridgehead atoms. The molecule has 2 nitrogen and oxygen atoms in total. The van der Waals surface area contributed by atoms with Gasteiger partial charge in [-0.3, -0.25) is 4.79 Å². The maximum absolute atomic E-state index is 11.8. The second kappa shape index (κ2) is 8.08. The van der Waals surface area contributed by atoms with Crippen LogP contribution in [-0.2, 0) is 11.3 Å². The van der Waals surface area contributed by atoms with Crippen LogP contribution in [0.5, 0.6) is 0 Å². The molecule has 0 saturated carbocycles. The minimum absolute atomic E-state index is 0.0334. The topological polar surface area (TPSA) is 29.1 Å². The molecule has 0 heterocycles. The third-order valence-corrected chi connectivity index (χ3v) is 4.80. The smallest absolute Gasteiger partial charge is 0.230 e. The summed E-state index contributed by atoms with van der Waals surface area (Å²) in [6.45, 7) is 0.399. The van der Waals surface area contributed by atoms with E-state index in [0.29, 0.717) is 22.3 Å². The van der Waals surface area contributed by atoms with E-state index in [1.807, 2.05) is 30.3 Å². The number of amides is 1. The maximum Gasteiger partial charge on any atom is 0.230 e. The maximum atomic E-state index is 11.8. The Labute approximate surface area is 146 Å². The van der Waals surface area contributed by atoms with Gasteiger partial charge in [0.1, 0.15) is 0 Å². The Morgan fingerprint density at radius 3 is 2.52 bits per heavy atom. The monoisotopic (exact) mass is 403 g/mol. The zero-order chi connectivity index (χ0) is 15.2. The van der Waals surface area contributed by atoms with E-state index in [1.54, 1.807) is 12.1 Å². The fraction of sp³-hybridized carbons (Fsp3) is 0.133. The second-order valence-electron chi connectivity index (χ2n) is 4.26. The highest BCUT2D eigenvalue weighted by Gasteiger charge is 2.05. The molecule has 2 aromatic carbocycles. The minimum atomic E-state index is -0.0334. The van der Waals surface area contributed by atoms with Crippen molar-refractivity contribution in [3.8, 4) is 0 Å². The molecule has 0 aliphatic carbocycles. The van der Waals surface area contributed by atoms with Gasteiger partial charge in [-0.25, -0.2) is 0 Å². The first-order valence-electron chi connectivity index (χ1n) is 6.13. The van der Waals surface area contributed by atoms with Crippen molar-refractivity contribution < 1.29 is 4.79 Å². The van der Waals surface area contributed by atoms with Gasteiger partial charge in [0.15, 0.2) is 0 Å². The normalized spacial score (nSPS) is 10.4. The molecular formula is C15H12BrCl2NOS. The lowest BCUT2D eigenvalue weighted by molar-refractivity contribution is -0.118. The summed E-state index contributed by atoms with van der Waals surface area (Å²) in [5.41, 5.74) is 0.850. The Bertz CT molecular complexity index is 634. The van der Waals surface area contributed by atoms with E-state index >= 15 is 0 Å².